The Morgan fingerprint density at radius 1 is 0.862 bits per heavy atom. The third kappa shape index (κ3) is 3.99. The van der Waals surface area contributed by atoms with Gasteiger partial charge in [-0.2, -0.15) is 4.98 Å². The maximum atomic E-state index is 13.4. The average Bonchev–Trinajstić information content (AvgIpc) is 3.20. The van der Waals surface area contributed by atoms with Gasteiger partial charge in [-0.05, 0) is 48.5 Å². The number of hydrogen-bond acceptors (Lipinski definition) is 5. The molecule has 4 aromatic rings. The van der Waals surface area contributed by atoms with Crippen LogP contribution in [0.1, 0.15) is 0 Å². The molecule has 3 aromatic carbocycles. The fraction of sp³-hybridized carbons (Fsp3) is 0. The molecule has 0 aliphatic rings. The molecule has 6 nitrogen and oxygen atoms in total. The molecular formula is C20H13F2N3O3S. The number of anilines is 1. The van der Waals surface area contributed by atoms with Crippen molar-refractivity contribution in [2.24, 2.45) is 0 Å². The standard InChI is InChI=1S/C20H13F2N3O3S/c21-14-8-10-16(11-9-14)25-29(26,27)18-7-2-1-6-17(18)20-23-19(24-28-20)13-4-3-5-15(22)12-13/h1-12,25H. The van der Waals surface area contributed by atoms with Gasteiger partial charge in [0.2, 0.25) is 5.82 Å². The van der Waals surface area contributed by atoms with Crippen LogP contribution >= 0.6 is 0 Å². The van der Waals surface area contributed by atoms with Crippen molar-refractivity contribution in [1.82, 2.24) is 10.1 Å². The van der Waals surface area contributed by atoms with Crippen LogP contribution in [0.25, 0.3) is 22.8 Å². The van der Waals surface area contributed by atoms with Crippen LogP contribution in [0.3, 0.4) is 0 Å². The topological polar surface area (TPSA) is 85.1 Å². The number of rotatable bonds is 5. The van der Waals surface area contributed by atoms with Crippen molar-refractivity contribution in [1.29, 1.82) is 0 Å². The highest BCUT2D eigenvalue weighted by Gasteiger charge is 2.23. The molecule has 0 fully saturated rings. The van der Waals surface area contributed by atoms with E-state index in [0.717, 1.165) is 12.1 Å². The van der Waals surface area contributed by atoms with E-state index in [2.05, 4.69) is 14.9 Å². The third-order valence-electron chi connectivity index (χ3n) is 4.01. The van der Waals surface area contributed by atoms with Gasteiger partial charge < -0.3 is 4.52 Å². The number of nitrogens with zero attached hydrogens (tertiary/aromatic N) is 2. The molecule has 9 heteroatoms. The number of halogens is 2. The Kier molecular flexibility index (Phi) is 4.81. The van der Waals surface area contributed by atoms with Crippen molar-refractivity contribution in [2.75, 3.05) is 4.72 Å². The molecule has 0 unspecified atom stereocenters. The van der Waals surface area contributed by atoms with E-state index in [1.54, 1.807) is 18.2 Å². The van der Waals surface area contributed by atoms with E-state index in [-0.39, 0.29) is 27.9 Å². The second-order valence-electron chi connectivity index (χ2n) is 6.04. The van der Waals surface area contributed by atoms with Gasteiger partial charge in [0.25, 0.3) is 15.9 Å². The summed E-state index contributed by atoms with van der Waals surface area (Å²) in [6.07, 6.45) is 0. The Hall–Kier alpha value is -3.59. The average molecular weight is 413 g/mol. The Bertz CT molecular complexity index is 1270. The van der Waals surface area contributed by atoms with Gasteiger partial charge in [0.05, 0.1) is 5.56 Å². The first-order chi connectivity index (χ1) is 13.9. The van der Waals surface area contributed by atoms with Crippen LogP contribution in [0.5, 0.6) is 0 Å². The van der Waals surface area contributed by atoms with E-state index in [1.165, 1.54) is 42.5 Å². The highest BCUT2D eigenvalue weighted by atomic mass is 32.2. The van der Waals surface area contributed by atoms with Crippen LogP contribution in [-0.4, -0.2) is 18.6 Å². The molecule has 0 amide bonds. The van der Waals surface area contributed by atoms with E-state index < -0.39 is 21.7 Å². The van der Waals surface area contributed by atoms with Gasteiger partial charge in [0.15, 0.2) is 0 Å². The lowest BCUT2D eigenvalue weighted by Crippen LogP contribution is -2.14. The van der Waals surface area contributed by atoms with Crippen LogP contribution in [0.2, 0.25) is 0 Å². The van der Waals surface area contributed by atoms with Gasteiger partial charge in [0, 0.05) is 11.3 Å². The summed E-state index contributed by atoms with van der Waals surface area (Å²) >= 11 is 0. The molecule has 1 N–H and O–H groups in total. The molecule has 0 atom stereocenters. The zero-order chi connectivity index (χ0) is 20.4. The number of hydrogen-bond donors (Lipinski definition) is 1. The lowest BCUT2D eigenvalue weighted by molar-refractivity contribution is 0.431. The van der Waals surface area contributed by atoms with E-state index in [0.29, 0.717) is 5.56 Å². The molecule has 0 saturated carbocycles. The predicted molar refractivity (Wildman–Crippen MR) is 102 cm³/mol. The predicted octanol–water partition coefficient (Wildman–Crippen LogP) is 4.48. The van der Waals surface area contributed by atoms with Crippen LogP contribution < -0.4 is 4.72 Å². The minimum Gasteiger partial charge on any atom is -0.334 e. The van der Waals surface area contributed by atoms with Crippen molar-refractivity contribution >= 4 is 15.7 Å². The first-order valence-electron chi connectivity index (χ1n) is 8.40. The maximum absolute atomic E-state index is 13.4. The Morgan fingerprint density at radius 3 is 2.38 bits per heavy atom. The molecule has 0 aliphatic carbocycles. The number of aromatic nitrogens is 2. The van der Waals surface area contributed by atoms with Gasteiger partial charge in [-0.25, -0.2) is 17.2 Å². The zero-order valence-corrected chi connectivity index (χ0v) is 15.5. The molecule has 0 aliphatic heterocycles. The van der Waals surface area contributed by atoms with Crippen molar-refractivity contribution < 1.29 is 21.7 Å². The first kappa shape index (κ1) is 18.8. The molecule has 0 spiro atoms. The maximum Gasteiger partial charge on any atom is 0.262 e. The second kappa shape index (κ2) is 7.44. The quantitative estimate of drug-likeness (QED) is 0.521. The SMILES string of the molecule is O=S(=O)(Nc1ccc(F)cc1)c1ccccc1-c1nc(-c2cccc(F)c2)no1. The zero-order valence-electron chi connectivity index (χ0n) is 14.7. The summed E-state index contributed by atoms with van der Waals surface area (Å²) in [6.45, 7) is 0. The van der Waals surface area contributed by atoms with Crippen molar-refractivity contribution in [3.05, 3.63) is 84.4 Å². The largest absolute Gasteiger partial charge is 0.334 e. The van der Waals surface area contributed by atoms with E-state index >= 15 is 0 Å². The molecule has 0 saturated heterocycles. The Balaban J connectivity index is 1.71. The summed E-state index contributed by atoms with van der Waals surface area (Å²) < 4.78 is 59.8. The normalized spacial score (nSPS) is 11.4. The fourth-order valence-electron chi connectivity index (χ4n) is 2.68. The summed E-state index contributed by atoms with van der Waals surface area (Å²) in [5.74, 6) is -0.855. The molecule has 29 heavy (non-hydrogen) atoms. The van der Waals surface area contributed by atoms with Gasteiger partial charge >= 0.3 is 0 Å². The third-order valence-corrected chi connectivity index (χ3v) is 5.45. The van der Waals surface area contributed by atoms with Gasteiger partial charge in [-0.3, -0.25) is 4.72 Å². The lowest BCUT2D eigenvalue weighted by Gasteiger charge is -2.10. The fourth-order valence-corrected chi connectivity index (χ4v) is 3.94. The first-order valence-corrected chi connectivity index (χ1v) is 9.88. The monoisotopic (exact) mass is 413 g/mol. The van der Waals surface area contributed by atoms with Crippen molar-refractivity contribution in [3.63, 3.8) is 0 Å². The van der Waals surface area contributed by atoms with Crippen molar-refractivity contribution in [3.8, 4) is 22.8 Å². The minimum absolute atomic E-state index is 0.0376. The molecule has 0 radical (unpaired) electrons. The summed E-state index contributed by atoms with van der Waals surface area (Å²) in [6, 6.07) is 16.6. The molecule has 1 heterocycles. The van der Waals surface area contributed by atoms with Gasteiger partial charge in [-0.15, -0.1) is 0 Å². The van der Waals surface area contributed by atoms with Gasteiger partial charge in [-0.1, -0.05) is 29.4 Å². The number of sulfonamides is 1. The van der Waals surface area contributed by atoms with Crippen LogP contribution in [0.4, 0.5) is 14.5 Å². The Labute approximate surface area is 164 Å². The Morgan fingerprint density at radius 2 is 1.62 bits per heavy atom. The van der Waals surface area contributed by atoms with Crippen LogP contribution in [0.15, 0.2) is 82.2 Å². The van der Waals surface area contributed by atoms with Crippen LogP contribution in [-0.2, 0) is 10.0 Å². The highest BCUT2D eigenvalue weighted by Crippen LogP contribution is 2.29. The summed E-state index contributed by atoms with van der Waals surface area (Å²) in [4.78, 5) is 4.10. The molecule has 4 rings (SSSR count). The van der Waals surface area contributed by atoms with Crippen molar-refractivity contribution in [2.45, 2.75) is 4.90 Å². The van der Waals surface area contributed by atoms with E-state index in [9.17, 15) is 17.2 Å². The lowest BCUT2D eigenvalue weighted by atomic mass is 10.2. The van der Waals surface area contributed by atoms with Gasteiger partial charge in [0.1, 0.15) is 16.5 Å². The number of benzene rings is 3. The van der Waals surface area contributed by atoms with E-state index in [4.69, 9.17) is 4.52 Å². The molecule has 1 aromatic heterocycles. The number of nitrogens with one attached hydrogen (secondary N) is 1. The minimum atomic E-state index is -4.03. The van der Waals surface area contributed by atoms with Crippen LogP contribution in [0, 0.1) is 11.6 Å². The summed E-state index contributed by atoms with van der Waals surface area (Å²) in [5.41, 5.74) is 0.772. The molecule has 146 valence electrons. The molecular weight excluding hydrogens is 400 g/mol. The molecule has 0 bridgehead atoms. The summed E-state index contributed by atoms with van der Waals surface area (Å²) in [5, 5.41) is 3.81. The second-order valence-corrected chi connectivity index (χ2v) is 7.69. The highest BCUT2D eigenvalue weighted by molar-refractivity contribution is 7.92. The summed E-state index contributed by atoms with van der Waals surface area (Å²) in [7, 11) is -4.03. The smallest absolute Gasteiger partial charge is 0.262 e. The van der Waals surface area contributed by atoms with E-state index in [1.807, 2.05) is 0 Å².